The molecular weight excluding hydrogens is 292 g/mol. The fourth-order valence-corrected chi connectivity index (χ4v) is 3.20. The van der Waals surface area contributed by atoms with E-state index in [9.17, 15) is 8.42 Å². The van der Waals surface area contributed by atoms with E-state index < -0.39 is 10.2 Å². The number of nitrogens with one attached hydrogen (secondary N) is 1. The van der Waals surface area contributed by atoms with Crippen LogP contribution in [0.2, 0.25) is 5.15 Å². The molecule has 0 aliphatic carbocycles. The lowest BCUT2D eigenvalue weighted by molar-refractivity contribution is 0.348. The van der Waals surface area contributed by atoms with Crippen LogP contribution in [0.1, 0.15) is 19.3 Å². The Morgan fingerprint density at radius 2 is 2.00 bits per heavy atom. The summed E-state index contributed by atoms with van der Waals surface area (Å²) in [6.45, 7) is 1.01. The lowest BCUT2D eigenvalue weighted by atomic mass is 10.2. The molecule has 0 amide bonds. The van der Waals surface area contributed by atoms with Gasteiger partial charge in [0.25, 0.3) is 0 Å². The van der Waals surface area contributed by atoms with E-state index in [0.717, 1.165) is 19.3 Å². The number of aromatic nitrogens is 2. The Morgan fingerprint density at radius 1 is 1.32 bits per heavy atom. The number of piperidine rings is 1. The first-order chi connectivity index (χ1) is 9.01. The Kier molecular flexibility index (Phi) is 4.43. The normalized spacial score (nSPS) is 17.2. The van der Waals surface area contributed by atoms with E-state index >= 15 is 0 Å². The van der Waals surface area contributed by atoms with E-state index in [1.165, 1.54) is 17.5 Å². The van der Waals surface area contributed by atoms with Crippen molar-refractivity contribution in [2.75, 3.05) is 24.9 Å². The number of nitrogens with zero attached hydrogens (tertiary/aromatic N) is 3. The molecule has 0 radical (unpaired) electrons. The van der Waals surface area contributed by atoms with Gasteiger partial charge in [0.2, 0.25) is 11.8 Å². The van der Waals surface area contributed by atoms with Crippen molar-refractivity contribution >= 4 is 27.8 Å². The van der Waals surface area contributed by atoms with E-state index in [2.05, 4.69) is 14.7 Å². The zero-order valence-corrected chi connectivity index (χ0v) is 12.0. The summed E-state index contributed by atoms with van der Waals surface area (Å²) < 4.78 is 32.8. The molecule has 0 spiro atoms. The zero-order chi connectivity index (χ0) is 13.9. The summed E-state index contributed by atoms with van der Waals surface area (Å²) in [7, 11) is -2.22. The molecule has 0 atom stereocenters. The quantitative estimate of drug-likeness (QED) is 0.847. The number of hydrogen-bond acceptors (Lipinski definition) is 5. The van der Waals surface area contributed by atoms with Crippen molar-refractivity contribution in [2.45, 2.75) is 19.3 Å². The van der Waals surface area contributed by atoms with Gasteiger partial charge in [-0.15, -0.1) is 0 Å². The molecule has 0 unspecified atom stereocenters. The highest BCUT2D eigenvalue weighted by Crippen LogP contribution is 2.18. The van der Waals surface area contributed by atoms with Crippen molar-refractivity contribution in [1.29, 1.82) is 0 Å². The minimum Gasteiger partial charge on any atom is -0.481 e. The average molecular weight is 307 g/mol. The van der Waals surface area contributed by atoms with E-state index in [4.69, 9.17) is 16.3 Å². The Bertz CT molecular complexity index is 546. The molecule has 0 bridgehead atoms. The number of methoxy groups -OCH3 is 1. The molecule has 1 aromatic heterocycles. The molecule has 19 heavy (non-hydrogen) atoms. The number of ether oxygens (including phenoxy) is 1. The topological polar surface area (TPSA) is 84.4 Å². The van der Waals surface area contributed by atoms with Gasteiger partial charge in [-0.2, -0.15) is 17.7 Å². The summed E-state index contributed by atoms with van der Waals surface area (Å²) in [6.07, 6.45) is 2.77. The van der Waals surface area contributed by atoms with E-state index in [1.54, 1.807) is 0 Å². The summed E-state index contributed by atoms with van der Waals surface area (Å²) in [5.41, 5.74) is 0. The van der Waals surface area contributed by atoms with E-state index in [1.807, 2.05) is 0 Å². The van der Waals surface area contributed by atoms with Gasteiger partial charge < -0.3 is 4.74 Å². The first-order valence-electron chi connectivity index (χ1n) is 5.88. The minimum atomic E-state index is -3.63. The lowest BCUT2D eigenvalue weighted by Gasteiger charge is -2.25. The van der Waals surface area contributed by atoms with Crippen LogP contribution in [-0.2, 0) is 10.2 Å². The van der Waals surface area contributed by atoms with Gasteiger partial charge in [-0.1, -0.05) is 18.0 Å². The van der Waals surface area contributed by atoms with Crippen molar-refractivity contribution in [3.8, 4) is 5.88 Å². The van der Waals surface area contributed by atoms with E-state index in [-0.39, 0.29) is 17.0 Å². The van der Waals surface area contributed by atoms with Crippen LogP contribution in [0, 0.1) is 0 Å². The third-order valence-electron chi connectivity index (χ3n) is 2.76. The SMILES string of the molecule is COc1cc(Cl)nc(NS(=O)(=O)N2CCCCC2)n1. The standard InChI is InChI=1S/C10H15ClN4O3S/c1-18-9-7-8(11)12-10(13-9)14-19(16,17)15-5-3-2-4-6-15/h7H,2-6H2,1H3,(H,12,13,14). The van der Waals surface area contributed by atoms with Gasteiger partial charge in [0.05, 0.1) is 7.11 Å². The van der Waals surface area contributed by atoms with Crippen molar-refractivity contribution in [1.82, 2.24) is 14.3 Å². The highest BCUT2D eigenvalue weighted by molar-refractivity contribution is 7.90. The van der Waals surface area contributed by atoms with Crippen molar-refractivity contribution < 1.29 is 13.2 Å². The third-order valence-corrected chi connectivity index (χ3v) is 4.43. The van der Waals surface area contributed by atoms with Gasteiger partial charge in [-0.3, -0.25) is 0 Å². The van der Waals surface area contributed by atoms with Gasteiger partial charge in [0.1, 0.15) is 5.15 Å². The van der Waals surface area contributed by atoms with Crippen LogP contribution in [0.15, 0.2) is 6.07 Å². The summed E-state index contributed by atoms with van der Waals surface area (Å²) in [6, 6.07) is 1.40. The molecule has 2 heterocycles. The van der Waals surface area contributed by atoms with Crippen molar-refractivity contribution in [3.63, 3.8) is 0 Å². The molecule has 0 aromatic carbocycles. The van der Waals surface area contributed by atoms with Crippen LogP contribution in [0.3, 0.4) is 0 Å². The second kappa shape index (κ2) is 5.89. The number of hydrogen-bond donors (Lipinski definition) is 1. The molecule has 1 aliphatic heterocycles. The Hall–Kier alpha value is -1.12. The molecule has 0 saturated carbocycles. The number of rotatable bonds is 4. The molecule has 1 saturated heterocycles. The molecule has 1 N–H and O–H groups in total. The Labute approximate surface area is 117 Å². The zero-order valence-electron chi connectivity index (χ0n) is 10.5. The van der Waals surface area contributed by atoms with Crippen molar-refractivity contribution in [3.05, 3.63) is 11.2 Å². The maximum atomic E-state index is 12.1. The second-order valence-electron chi connectivity index (χ2n) is 4.12. The van der Waals surface area contributed by atoms with Gasteiger partial charge in [-0.05, 0) is 12.8 Å². The average Bonchev–Trinajstić information content (AvgIpc) is 2.38. The largest absolute Gasteiger partial charge is 0.481 e. The monoisotopic (exact) mass is 306 g/mol. The molecule has 9 heteroatoms. The smallest absolute Gasteiger partial charge is 0.303 e. The van der Waals surface area contributed by atoms with E-state index in [0.29, 0.717) is 13.1 Å². The Balaban J connectivity index is 2.17. The van der Waals surface area contributed by atoms with Gasteiger partial charge in [0, 0.05) is 19.2 Å². The summed E-state index contributed by atoms with van der Waals surface area (Å²) in [5, 5.41) is 0.114. The van der Waals surface area contributed by atoms with Crippen LogP contribution in [0.5, 0.6) is 5.88 Å². The molecule has 1 aromatic rings. The van der Waals surface area contributed by atoms with Crippen LogP contribution in [0.25, 0.3) is 0 Å². The molecule has 7 nitrogen and oxygen atoms in total. The van der Waals surface area contributed by atoms with Gasteiger partial charge in [0.15, 0.2) is 0 Å². The Morgan fingerprint density at radius 3 is 2.63 bits per heavy atom. The number of anilines is 1. The molecule has 106 valence electrons. The summed E-state index contributed by atoms with van der Waals surface area (Å²) in [4.78, 5) is 7.72. The van der Waals surface area contributed by atoms with Gasteiger partial charge >= 0.3 is 10.2 Å². The first kappa shape index (κ1) is 14.3. The van der Waals surface area contributed by atoms with Crippen LogP contribution >= 0.6 is 11.6 Å². The maximum absolute atomic E-state index is 12.1. The van der Waals surface area contributed by atoms with Crippen LogP contribution in [0.4, 0.5) is 5.95 Å². The number of halogens is 1. The molecule has 1 aliphatic rings. The minimum absolute atomic E-state index is 0.0880. The van der Waals surface area contributed by atoms with Gasteiger partial charge in [-0.25, -0.2) is 9.71 Å². The molecule has 1 fully saturated rings. The second-order valence-corrected chi connectivity index (χ2v) is 6.18. The molecule has 2 rings (SSSR count). The lowest BCUT2D eigenvalue weighted by Crippen LogP contribution is -2.39. The predicted octanol–water partition coefficient (Wildman–Crippen LogP) is 1.28. The predicted molar refractivity (Wildman–Crippen MR) is 71.6 cm³/mol. The highest BCUT2D eigenvalue weighted by Gasteiger charge is 2.24. The summed E-state index contributed by atoms with van der Waals surface area (Å²) >= 11 is 5.76. The van der Waals surface area contributed by atoms with Crippen LogP contribution in [-0.4, -0.2) is 42.9 Å². The maximum Gasteiger partial charge on any atom is 0.303 e. The van der Waals surface area contributed by atoms with Crippen molar-refractivity contribution in [2.24, 2.45) is 0 Å². The summed E-state index contributed by atoms with van der Waals surface area (Å²) in [5.74, 6) is 0.117. The van der Waals surface area contributed by atoms with Crippen LogP contribution < -0.4 is 9.46 Å². The highest BCUT2D eigenvalue weighted by atomic mass is 35.5. The molecular formula is C10H15ClN4O3S. The fraction of sp³-hybridized carbons (Fsp3) is 0.600. The fourth-order valence-electron chi connectivity index (χ4n) is 1.83. The third kappa shape index (κ3) is 3.68. The first-order valence-corrected chi connectivity index (χ1v) is 7.69.